The first kappa shape index (κ1) is 22.0. The van der Waals surface area contributed by atoms with Crippen LogP contribution in [0.4, 0.5) is 13.9 Å². The van der Waals surface area contributed by atoms with Gasteiger partial charge in [0.2, 0.25) is 5.91 Å². The lowest BCUT2D eigenvalue weighted by molar-refractivity contribution is -0.122. The van der Waals surface area contributed by atoms with Crippen molar-refractivity contribution in [1.82, 2.24) is 9.88 Å². The van der Waals surface area contributed by atoms with E-state index in [-0.39, 0.29) is 29.7 Å². The number of amides is 1. The van der Waals surface area contributed by atoms with E-state index in [0.29, 0.717) is 16.4 Å². The quantitative estimate of drug-likeness (QED) is 0.645. The summed E-state index contributed by atoms with van der Waals surface area (Å²) >= 11 is 1.18. The van der Waals surface area contributed by atoms with Crippen molar-refractivity contribution in [1.29, 1.82) is 0 Å². The summed E-state index contributed by atoms with van der Waals surface area (Å²) in [5, 5.41) is 0.466. The third-order valence-electron chi connectivity index (χ3n) is 5.14. The highest BCUT2D eigenvalue weighted by molar-refractivity contribution is 7.22. The van der Waals surface area contributed by atoms with E-state index in [1.165, 1.54) is 17.4 Å². The number of carbonyl (C=O) groups is 1. The highest BCUT2D eigenvalue weighted by Crippen LogP contribution is 2.34. The van der Waals surface area contributed by atoms with Crippen LogP contribution >= 0.6 is 23.7 Å². The Morgan fingerprint density at radius 1 is 1.19 bits per heavy atom. The van der Waals surface area contributed by atoms with Crippen molar-refractivity contribution in [3.63, 3.8) is 0 Å². The van der Waals surface area contributed by atoms with Gasteiger partial charge >= 0.3 is 0 Å². The number of fused-ring (bicyclic) bond motifs is 1. The molecule has 1 heterocycles. The summed E-state index contributed by atoms with van der Waals surface area (Å²) in [6.45, 7) is 7.23. The molecule has 1 aliphatic carbocycles. The van der Waals surface area contributed by atoms with Gasteiger partial charge in [-0.05, 0) is 32.0 Å². The van der Waals surface area contributed by atoms with Crippen LogP contribution in [-0.4, -0.2) is 42.0 Å². The molecule has 8 heteroatoms. The lowest BCUT2D eigenvalue weighted by Crippen LogP contribution is -2.41. The van der Waals surface area contributed by atoms with Crippen LogP contribution in [0.25, 0.3) is 10.2 Å². The maximum Gasteiger partial charge on any atom is 0.231 e. The molecule has 0 spiro atoms. The van der Waals surface area contributed by atoms with Gasteiger partial charge in [-0.15, -0.1) is 12.4 Å². The molecule has 3 rings (SSSR count). The summed E-state index contributed by atoms with van der Waals surface area (Å²) in [6.07, 6.45) is 3.93. The average molecular weight is 418 g/mol. The van der Waals surface area contributed by atoms with E-state index in [1.54, 1.807) is 4.90 Å². The summed E-state index contributed by atoms with van der Waals surface area (Å²) < 4.78 is 28.0. The Kier molecular flexibility index (Phi) is 7.94. The standard InChI is InChI=1S/C19H25F2N3OS.ClH/c1-3-23(4-2)9-10-24(18(25)13-7-5-6-8-13)19-22-17-15(21)11-14(20)12-16(17)26-19;/h11-13H,3-10H2,1-2H3;1H. The fraction of sp³-hybridized carbons (Fsp3) is 0.579. The van der Waals surface area contributed by atoms with Crippen LogP contribution in [-0.2, 0) is 4.79 Å². The third kappa shape index (κ3) is 4.95. The smallest absolute Gasteiger partial charge is 0.231 e. The zero-order valence-electron chi connectivity index (χ0n) is 15.7. The largest absolute Gasteiger partial charge is 0.302 e. The van der Waals surface area contributed by atoms with Crippen LogP contribution in [0, 0.1) is 17.6 Å². The molecule has 27 heavy (non-hydrogen) atoms. The van der Waals surface area contributed by atoms with E-state index in [0.717, 1.165) is 51.4 Å². The summed E-state index contributed by atoms with van der Waals surface area (Å²) in [5.41, 5.74) is 0.137. The molecule has 1 aromatic carbocycles. The Hall–Kier alpha value is -1.31. The number of nitrogens with zero attached hydrogens (tertiary/aromatic N) is 3. The minimum Gasteiger partial charge on any atom is -0.302 e. The van der Waals surface area contributed by atoms with Crippen molar-refractivity contribution in [2.45, 2.75) is 39.5 Å². The number of benzene rings is 1. The van der Waals surface area contributed by atoms with Crippen molar-refractivity contribution >= 4 is 45.0 Å². The van der Waals surface area contributed by atoms with Crippen molar-refractivity contribution < 1.29 is 13.6 Å². The molecular weight excluding hydrogens is 392 g/mol. The molecule has 1 aromatic heterocycles. The Morgan fingerprint density at radius 2 is 1.85 bits per heavy atom. The molecule has 1 aliphatic rings. The lowest BCUT2D eigenvalue weighted by atomic mass is 10.1. The first-order chi connectivity index (χ1) is 12.5. The van der Waals surface area contributed by atoms with Gasteiger partial charge in [-0.2, -0.15) is 0 Å². The van der Waals surface area contributed by atoms with Crippen LogP contribution in [0.1, 0.15) is 39.5 Å². The van der Waals surface area contributed by atoms with Crippen molar-refractivity contribution in [3.05, 3.63) is 23.8 Å². The number of rotatable bonds is 7. The summed E-state index contributed by atoms with van der Waals surface area (Å²) in [4.78, 5) is 21.3. The Labute approximate surface area is 169 Å². The summed E-state index contributed by atoms with van der Waals surface area (Å²) in [5.74, 6) is -1.23. The number of anilines is 1. The van der Waals surface area contributed by atoms with Gasteiger partial charge in [0, 0.05) is 25.1 Å². The van der Waals surface area contributed by atoms with E-state index in [1.807, 2.05) is 0 Å². The molecule has 150 valence electrons. The second kappa shape index (κ2) is 9.75. The molecular formula is C19H26ClF2N3OS. The predicted molar refractivity (Wildman–Crippen MR) is 109 cm³/mol. The van der Waals surface area contributed by atoms with Gasteiger partial charge in [-0.3, -0.25) is 9.69 Å². The number of thiazole rings is 1. The van der Waals surface area contributed by atoms with Crippen molar-refractivity contribution in [2.24, 2.45) is 5.92 Å². The van der Waals surface area contributed by atoms with Gasteiger partial charge in [0.1, 0.15) is 11.3 Å². The molecule has 0 saturated heterocycles. The van der Waals surface area contributed by atoms with Crippen LogP contribution in [0.2, 0.25) is 0 Å². The van der Waals surface area contributed by atoms with Gasteiger partial charge in [0.05, 0.1) is 4.70 Å². The van der Waals surface area contributed by atoms with E-state index in [2.05, 4.69) is 23.7 Å². The number of aromatic nitrogens is 1. The minimum absolute atomic E-state index is 0. The van der Waals surface area contributed by atoms with Gasteiger partial charge in [0.15, 0.2) is 10.9 Å². The normalized spacial score (nSPS) is 14.7. The number of halogens is 3. The number of likely N-dealkylation sites (N-methyl/N-ethyl adjacent to an activating group) is 1. The van der Waals surface area contributed by atoms with Crippen molar-refractivity contribution in [2.75, 3.05) is 31.1 Å². The van der Waals surface area contributed by atoms with Crippen LogP contribution in [0.15, 0.2) is 12.1 Å². The highest BCUT2D eigenvalue weighted by atomic mass is 35.5. The second-order valence-corrected chi connectivity index (χ2v) is 7.74. The molecule has 2 aromatic rings. The monoisotopic (exact) mass is 417 g/mol. The predicted octanol–water partition coefficient (Wildman–Crippen LogP) is 4.86. The van der Waals surface area contributed by atoms with Crippen molar-refractivity contribution in [3.8, 4) is 0 Å². The Balaban J connectivity index is 0.00000261. The van der Waals surface area contributed by atoms with E-state index >= 15 is 0 Å². The maximum absolute atomic E-state index is 14.0. The minimum atomic E-state index is -0.681. The zero-order chi connectivity index (χ0) is 18.7. The fourth-order valence-corrected chi connectivity index (χ4v) is 4.57. The Bertz CT molecular complexity index is 776. The lowest BCUT2D eigenvalue weighted by Gasteiger charge is -2.26. The summed E-state index contributed by atoms with van der Waals surface area (Å²) in [6, 6.07) is 2.12. The van der Waals surface area contributed by atoms with Gasteiger partial charge in [-0.1, -0.05) is 38.0 Å². The van der Waals surface area contributed by atoms with Crippen LogP contribution in [0.5, 0.6) is 0 Å². The molecule has 0 aliphatic heterocycles. The molecule has 0 radical (unpaired) electrons. The molecule has 1 saturated carbocycles. The van der Waals surface area contributed by atoms with Crippen LogP contribution in [0.3, 0.4) is 0 Å². The van der Waals surface area contributed by atoms with Gasteiger partial charge in [-0.25, -0.2) is 13.8 Å². The highest BCUT2D eigenvalue weighted by Gasteiger charge is 2.30. The molecule has 0 bridgehead atoms. The molecule has 4 nitrogen and oxygen atoms in total. The summed E-state index contributed by atoms with van der Waals surface area (Å²) in [7, 11) is 0. The Morgan fingerprint density at radius 3 is 2.48 bits per heavy atom. The first-order valence-corrected chi connectivity index (χ1v) is 10.1. The average Bonchev–Trinajstić information content (AvgIpc) is 3.28. The van der Waals surface area contributed by atoms with E-state index in [9.17, 15) is 13.6 Å². The zero-order valence-corrected chi connectivity index (χ0v) is 17.3. The van der Waals surface area contributed by atoms with Crippen LogP contribution < -0.4 is 4.90 Å². The van der Waals surface area contributed by atoms with E-state index < -0.39 is 11.6 Å². The molecule has 1 fully saturated rings. The molecule has 0 N–H and O–H groups in total. The van der Waals surface area contributed by atoms with E-state index in [4.69, 9.17) is 0 Å². The third-order valence-corrected chi connectivity index (χ3v) is 6.16. The van der Waals surface area contributed by atoms with Gasteiger partial charge in [0.25, 0.3) is 0 Å². The fourth-order valence-electron chi connectivity index (χ4n) is 3.54. The first-order valence-electron chi connectivity index (χ1n) is 9.32. The topological polar surface area (TPSA) is 36.4 Å². The SMILES string of the molecule is CCN(CC)CCN(C(=O)C1CCCC1)c1nc2c(F)cc(F)cc2s1.Cl. The number of hydrogen-bond donors (Lipinski definition) is 0. The molecule has 1 amide bonds. The molecule has 0 unspecified atom stereocenters. The molecule has 0 atom stereocenters. The number of carbonyl (C=O) groups excluding carboxylic acids is 1. The number of hydrogen-bond acceptors (Lipinski definition) is 4. The maximum atomic E-state index is 14.0. The second-order valence-electron chi connectivity index (χ2n) is 6.73. The van der Waals surface area contributed by atoms with Gasteiger partial charge < -0.3 is 4.90 Å².